The highest BCUT2D eigenvalue weighted by Gasteiger charge is 2.32. The zero-order chi connectivity index (χ0) is 15.1. The van der Waals surface area contributed by atoms with Gasteiger partial charge in [0.05, 0.1) is 0 Å². The molecule has 0 aliphatic carbocycles. The van der Waals surface area contributed by atoms with Crippen molar-refractivity contribution >= 4 is 17.3 Å². The van der Waals surface area contributed by atoms with Gasteiger partial charge in [-0.3, -0.25) is 4.79 Å². The first-order chi connectivity index (χ1) is 9.97. The molecule has 0 aromatic heterocycles. The number of nitrogens with zero attached hydrogens (tertiary/aromatic N) is 1. The van der Waals surface area contributed by atoms with Gasteiger partial charge >= 0.3 is 0 Å². The van der Waals surface area contributed by atoms with Crippen molar-refractivity contribution in [2.45, 2.75) is 33.2 Å². The zero-order valence-electron chi connectivity index (χ0n) is 12.7. The SMILES string of the molecule is Cc1ccc(C)c(C(=O)N2c3ccc(N)cc3CC2C)c1. The lowest BCUT2D eigenvalue weighted by molar-refractivity contribution is 0.0981. The number of carbonyl (C=O) groups excluding carboxylic acids is 1. The van der Waals surface area contributed by atoms with Gasteiger partial charge in [0.1, 0.15) is 0 Å². The number of fused-ring (bicyclic) bond motifs is 1. The molecule has 108 valence electrons. The molecule has 1 unspecified atom stereocenters. The van der Waals surface area contributed by atoms with Crippen molar-refractivity contribution in [2.75, 3.05) is 10.6 Å². The van der Waals surface area contributed by atoms with Crippen molar-refractivity contribution in [2.24, 2.45) is 0 Å². The summed E-state index contributed by atoms with van der Waals surface area (Å²) in [4.78, 5) is 14.9. The van der Waals surface area contributed by atoms with E-state index in [0.29, 0.717) is 0 Å². The van der Waals surface area contributed by atoms with Crippen molar-refractivity contribution in [3.05, 3.63) is 58.7 Å². The van der Waals surface area contributed by atoms with Crippen LogP contribution in [0.2, 0.25) is 0 Å². The highest BCUT2D eigenvalue weighted by Crippen LogP contribution is 2.35. The molecule has 1 heterocycles. The van der Waals surface area contributed by atoms with Gasteiger partial charge in [0.25, 0.3) is 5.91 Å². The lowest BCUT2D eigenvalue weighted by Gasteiger charge is -2.24. The van der Waals surface area contributed by atoms with Crippen molar-refractivity contribution in [3.63, 3.8) is 0 Å². The van der Waals surface area contributed by atoms with Crippen LogP contribution < -0.4 is 10.6 Å². The predicted octanol–water partition coefficient (Wildman–Crippen LogP) is 3.48. The molecule has 3 nitrogen and oxygen atoms in total. The molecule has 3 heteroatoms. The van der Waals surface area contributed by atoms with Crippen LogP contribution in [0, 0.1) is 13.8 Å². The summed E-state index contributed by atoms with van der Waals surface area (Å²) in [5.41, 5.74) is 11.6. The van der Waals surface area contributed by atoms with Crippen LogP contribution in [0.1, 0.15) is 34.0 Å². The van der Waals surface area contributed by atoms with Gasteiger partial charge in [-0.15, -0.1) is 0 Å². The number of amides is 1. The molecule has 1 amide bonds. The van der Waals surface area contributed by atoms with E-state index < -0.39 is 0 Å². The zero-order valence-corrected chi connectivity index (χ0v) is 12.7. The van der Waals surface area contributed by atoms with E-state index in [0.717, 1.165) is 40.0 Å². The van der Waals surface area contributed by atoms with Crippen LogP contribution in [-0.2, 0) is 6.42 Å². The number of hydrogen-bond donors (Lipinski definition) is 1. The summed E-state index contributed by atoms with van der Waals surface area (Å²) in [5, 5.41) is 0. The minimum Gasteiger partial charge on any atom is -0.399 e. The lowest BCUT2D eigenvalue weighted by atomic mass is 10.0. The van der Waals surface area contributed by atoms with E-state index in [2.05, 4.69) is 6.92 Å². The standard InChI is InChI=1S/C18H20N2O/c1-11-4-5-12(2)16(8-11)18(21)20-13(3)9-14-10-15(19)6-7-17(14)20/h4-8,10,13H,9,19H2,1-3H3. The fraction of sp³-hybridized carbons (Fsp3) is 0.278. The minimum absolute atomic E-state index is 0.0761. The van der Waals surface area contributed by atoms with E-state index in [9.17, 15) is 4.79 Å². The molecule has 0 saturated heterocycles. The Morgan fingerprint density at radius 1 is 1.19 bits per heavy atom. The fourth-order valence-electron chi connectivity index (χ4n) is 3.06. The maximum absolute atomic E-state index is 13.0. The molecule has 2 aromatic rings. The number of rotatable bonds is 1. The highest BCUT2D eigenvalue weighted by molar-refractivity contribution is 6.08. The fourth-order valence-corrected chi connectivity index (χ4v) is 3.06. The first-order valence-electron chi connectivity index (χ1n) is 7.26. The molecule has 2 N–H and O–H groups in total. The molecule has 21 heavy (non-hydrogen) atoms. The number of nitrogens with two attached hydrogens (primary N) is 1. The predicted molar refractivity (Wildman–Crippen MR) is 86.7 cm³/mol. The molecule has 1 aliphatic heterocycles. The topological polar surface area (TPSA) is 46.3 Å². The van der Waals surface area contributed by atoms with E-state index in [4.69, 9.17) is 5.73 Å². The molecule has 2 aromatic carbocycles. The first kappa shape index (κ1) is 13.7. The second-order valence-electron chi connectivity index (χ2n) is 5.93. The molecule has 1 aliphatic rings. The van der Waals surface area contributed by atoms with Gasteiger partial charge < -0.3 is 10.6 Å². The van der Waals surface area contributed by atoms with Gasteiger partial charge in [-0.25, -0.2) is 0 Å². The molecule has 0 fully saturated rings. The number of hydrogen-bond acceptors (Lipinski definition) is 2. The molecular formula is C18H20N2O. The Morgan fingerprint density at radius 3 is 2.71 bits per heavy atom. The van der Waals surface area contributed by atoms with Crippen molar-refractivity contribution in [1.29, 1.82) is 0 Å². The second-order valence-corrected chi connectivity index (χ2v) is 5.93. The number of nitrogen functional groups attached to an aromatic ring is 1. The third kappa shape index (κ3) is 2.29. The molecule has 3 rings (SSSR count). The van der Waals surface area contributed by atoms with E-state index >= 15 is 0 Å². The van der Waals surface area contributed by atoms with Crippen LogP contribution in [0.25, 0.3) is 0 Å². The molecule has 0 bridgehead atoms. The summed E-state index contributed by atoms with van der Waals surface area (Å²) < 4.78 is 0. The number of carbonyl (C=O) groups is 1. The Morgan fingerprint density at radius 2 is 1.95 bits per heavy atom. The monoisotopic (exact) mass is 280 g/mol. The van der Waals surface area contributed by atoms with Crippen molar-refractivity contribution in [1.82, 2.24) is 0 Å². The van der Waals surface area contributed by atoms with Crippen LogP contribution in [0.5, 0.6) is 0 Å². The summed E-state index contributed by atoms with van der Waals surface area (Å²) in [5.74, 6) is 0.0761. The summed E-state index contributed by atoms with van der Waals surface area (Å²) in [7, 11) is 0. The van der Waals surface area contributed by atoms with E-state index in [-0.39, 0.29) is 11.9 Å². The molecule has 0 saturated carbocycles. The summed E-state index contributed by atoms with van der Waals surface area (Å²) in [6, 6.07) is 12.0. The first-order valence-corrected chi connectivity index (χ1v) is 7.26. The van der Waals surface area contributed by atoms with Gasteiger partial charge in [-0.1, -0.05) is 17.7 Å². The normalized spacial score (nSPS) is 16.9. The Balaban J connectivity index is 2.05. The van der Waals surface area contributed by atoms with E-state index in [1.54, 1.807) is 0 Å². The Labute approximate surface area is 125 Å². The third-order valence-electron chi connectivity index (χ3n) is 4.16. The summed E-state index contributed by atoms with van der Waals surface area (Å²) >= 11 is 0. The maximum atomic E-state index is 13.0. The Hall–Kier alpha value is -2.29. The van der Waals surface area contributed by atoms with Gasteiger partial charge in [-0.05, 0) is 62.6 Å². The van der Waals surface area contributed by atoms with Crippen LogP contribution in [0.3, 0.4) is 0 Å². The number of aryl methyl sites for hydroxylation is 2. The van der Waals surface area contributed by atoms with E-state index in [1.165, 1.54) is 0 Å². The van der Waals surface area contributed by atoms with Gasteiger partial charge in [0, 0.05) is 23.0 Å². The Kier molecular flexibility index (Phi) is 3.20. The minimum atomic E-state index is 0.0761. The molecular weight excluding hydrogens is 260 g/mol. The molecule has 0 spiro atoms. The average molecular weight is 280 g/mol. The molecule has 0 radical (unpaired) electrons. The third-order valence-corrected chi connectivity index (χ3v) is 4.16. The number of anilines is 2. The van der Waals surface area contributed by atoms with Crippen LogP contribution in [0.15, 0.2) is 36.4 Å². The smallest absolute Gasteiger partial charge is 0.258 e. The summed E-state index contributed by atoms with van der Waals surface area (Å²) in [6.45, 7) is 6.08. The lowest BCUT2D eigenvalue weighted by Crippen LogP contribution is -2.36. The van der Waals surface area contributed by atoms with Crippen molar-refractivity contribution in [3.8, 4) is 0 Å². The van der Waals surface area contributed by atoms with Gasteiger partial charge in [0.15, 0.2) is 0 Å². The summed E-state index contributed by atoms with van der Waals surface area (Å²) in [6.07, 6.45) is 0.858. The van der Waals surface area contributed by atoms with E-state index in [1.807, 2.05) is 55.1 Å². The highest BCUT2D eigenvalue weighted by atomic mass is 16.2. The quantitative estimate of drug-likeness (QED) is 0.813. The second kappa shape index (κ2) is 4.92. The Bertz CT molecular complexity index is 721. The van der Waals surface area contributed by atoms with Gasteiger partial charge in [-0.2, -0.15) is 0 Å². The van der Waals surface area contributed by atoms with Gasteiger partial charge in [0.2, 0.25) is 0 Å². The van der Waals surface area contributed by atoms with Crippen LogP contribution in [0.4, 0.5) is 11.4 Å². The van der Waals surface area contributed by atoms with Crippen LogP contribution >= 0.6 is 0 Å². The largest absolute Gasteiger partial charge is 0.399 e. The average Bonchev–Trinajstić information content (AvgIpc) is 2.75. The maximum Gasteiger partial charge on any atom is 0.258 e. The van der Waals surface area contributed by atoms with Crippen molar-refractivity contribution < 1.29 is 4.79 Å². The number of benzene rings is 2. The molecule has 1 atom stereocenters. The van der Waals surface area contributed by atoms with Crippen LogP contribution in [-0.4, -0.2) is 11.9 Å².